The van der Waals surface area contributed by atoms with Crippen molar-refractivity contribution in [3.8, 4) is 10.6 Å². The predicted octanol–water partition coefficient (Wildman–Crippen LogP) is 4.13. The van der Waals surface area contributed by atoms with Crippen molar-refractivity contribution in [3.63, 3.8) is 0 Å². The largest absolute Gasteiger partial charge is 0.384 e. The van der Waals surface area contributed by atoms with Gasteiger partial charge >= 0.3 is 0 Å². The molecule has 2 aromatic carbocycles. The number of thiazole rings is 2. The Morgan fingerprint density at radius 1 is 1.00 bits per heavy atom. The SMILES string of the molecule is O=C(CNC(=O)c1cnc(-c2ccc(F)cc2)s1)NC(CCc1ccc(F)cc1)C(O)c1nccs1. The number of nitrogens with zero attached hydrogens (tertiary/aromatic N) is 2. The molecule has 0 aliphatic carbocycles. The van der Waals surface area contributed by atoms with E-state index in [-0.39, 0.29) is 18.2 Å². The summed E-state index contributed by atoms with van der Waals surface area (Å²) in [7, 11) is 0. The van der Waals surface area contributed by atoms with Gasteiger partial charge in [0.1, 0.15) is 32.6 Å². The molecule has 7 nitrogen and oxygen atoms in total. The van der Waals surface area contributed by atoms with Crippen molar-refractivity contribution >= 4 is 34.5 Å². The molecule has 2 aromatic heterocycles. The predicted molar refractivity (Wildman–Crippen MR) is 134 cm³/mol. The van der Waals surface area contributed by atoms with Gasteiger partial charge in [0.25, 0.3) is 5.91 Å². The van der Waals surface area contributed by atoms with Gasteiger partial charge in [0, 0.05) is 17.1 Å². The third-order valence-electron chi connectivity index (χ3n) is 5.32. The molecule has 4 rings (SSSR count). The molecule has 36 heavy (non-hydrogen) atoms. The summed E-state index contributed by atoms with van der Waals surface area (Å²) in [5, 5.41) is 18.8. The summed E-state index contributed by atoms with van der Waals surface area (Å²) in [6, 6.07) is 11.1. The maximum Gasteiger partial charge on any atom is 0.263 e. The van der Waals surface area contributed by atoms with E-state index in [0.717, 1.165) is 16.9 Å². The molecule has 0 aliphatic heterocycles. The molecule has 0 saturated heterocycles. The van der Waals surface area contributed by atoms with E-state index in [1.165, 1.54) is 41.8 Å². The van der Waals surface area contributed by atoms with Crippen LogP contribution in [0.5, 0.6) is 0 Å². The lowest BCUT2D eigenvalue weighted by molar-refractivity contribution is -0.121. The summed E-state index contributed by atoms with van der Waals surface area (Å²) < 4.78 is 26.3. The second-order valence-corrected chi connectivity index (χ2v) is 9.83. The zero-order valence-corrected chi connectivity index (χ0v) is 20.5. The molecule has 3 N–H and O–H groups in total. The molecule has 0 saturated carbocycles. The lowest BCUT2D eigenvalue weighted by Gasteiger charge is -2.23. The summed E-state index contributed by atoms with van der Waals surface area (Å²) in [6.07, 6.45) is 2.80. The smallest absolute Gasteiger partial charge is 0.263 e. The third kappa shape index (κ3) is 6.78. The van der Waals surface area contributed by atoms with Crippen molar-refractivity contribution in [1.29, 1.82) is 0 Å². The lowest BCUT2D eigenvalue weighted by Crippen LogP contribution is -2.44. The van der Waals surface area contributed by atoms with Gasteiger partial charge in [0.05, 0.1) is 18.8 Å². The van der Waals surface area contributed by atoms with Gasteiger partial charge < -0.3 is 15.7 Å². The monoisotopic (exact) mass is 528 g/mol. The Balaban J connectivity index is 1.35. The van der Waals surface area contributed by atoms with E-state index in [9.17, 15) is 23.5 Å². The summed E-state index contributed by atoms with van der Waals surface area (Å²) in [5.74, 6) is -1.66. The van der Waals surface area contributed by atoms with Crippen LogP contribution < -0.4 is 10.6 Å². The Kier molecular flexibility index (Phi) is 8.47. The molecular formula is C25H22F2N4O3S2. The highest BCUT2D eigenvalue weighted by atomic mass is 32.1. The minimum absolute atomic E-state index is 0.304. The van der Waals surface area contributed by atoms with Gasteiger partial charge in [0.15, 0.2) is 0 Å². The van der Waals surface area contributed by atoms with Gasteiger partial charge in [-0.1, -0.05) is 12.1 Å². The van der Waals surface area contributed by atoms with Crippen LogP contribution in [-0.4, -0.2) is 39.5 Å². The van der Waals surface area contributed by atoms with Crippen molar-refractivity contribution in [2.24, 2.45) is 0 Å². The number of carbonyl (C=O) groups excluding carboxylic acids is 2. The number of aryl methyl sites for hydroxylation is 1. The number of nitrogens with one attached hydrogen (secondary N) is 2. The first-order valence-corrected chi connectivity index (χ1v) is 12.7. The van der Waals surface area contributed by atoms with Gasteiger partial charge in [-0.15, -0.1) is 22.7 Å². The van der Waals surface area contributed by atoms with Crippen molar-refractivity contribution in [1.82, 2.24) is 20.6 Å². The number of hydrogen-bond donors (Lipinski definition) is 3. The fourth-order valence-electron chi connectivity index (χ4n) is 3.45. The van der Waals surface area contributed by atoms with Crippen LogP contribution in [0.2, 0.25) is 0 Å². The minimum atomic E-state index is -1.04. The van der Waals surface area contributed by atoms with E-state index >= 15 is 0 Å². The lowest BCUT2D eigenvalue weighted by atomic mass is 10.0. The average molecular weight is 529 g/mol. The first-order chi connectivity index (χ1) is 17.4. The molecule has 186 valence electrons. The highest BCUT2D eigenvalue weighted by Gasteiger charge is 2.25. The Morgan fingerprint density at radius 2 is 1.69 bits per heavy atom. The van der Waals surface area contributed by atoms with Crippen LogP contribution in [-0.2, 0) is 11.2 Å². The van der Waals surface area contributed by atoms with Gasteiger partial charge in [-0.2, -0.15) is 0 Å². The Labute approximate surface area is 213 Å². The van der Waals surface area contributed by atoms with E-state index in [2.05, 4.69) is 20.6 Å². The van der Waals surface area contributed by atoms with Crippen molar-refractivity contribution in [3.05, 3.63) is 93.4 Å². The Bertz CT molecular complexity index is 1300. The Hall–Kier alpha value is -3.54. The van der Waals surface area contributed by atoms with Crippen LogP contribution in [0.1, 0.15) is 32.8 Å². The van der Waals surface area contributed by atoms with Crippen LogP contribution in [0.15, 0.2) is 66.3 Å². The molecule has 0 radical (unpaired) electrons. The van der Waals surface area contributed by atoms with E-state index in [0.29, 0.717) is 33.3 Å². The van der Waals surface area contributed by atoms with E-state index < -0.39 is 24.0 Å². The van der Waals surface area contributed by atoms with Crippen molar-refractivity contribution in [2.75, 3.05) is 6.54 Å². The highest BCUT2D eigenvalue weighted by molar-refractivity contribution is 7.16. The topological polar surface area (TPSA) is 104 Å². The quantitative estimate of drug-likeness (QED) is 0.287. The molecule has 0 spiro atoms. The molecule has 2 atom stereocenters. The maximum atomic E-state index is 13.2. The van der Waals surface area contributed by atoms with E-state index in [1.807, 2.05) is 0 Å². The van der Waals surface area contributed by atoms with Crippen molar-refractivity contribution < 1.29 is 23.5 Å². The average Bonchev–Trinajstić information content (AvgIpc) is 3.59. The first-order valence-electron chi connectivity index (χ1n) is 11.0. The molecule has 4 aromatic rings. The van der Waals surface area contributed by atoms with Crippen LogP contribution in [0, 0.1) is 11.6 Å². The number of aliphatic hydroxyl groups is 1. The first kappa shape index (κ1) is 25.5. The zero-order valence-electron chi connectivity index (χ0n) is 18.9. The number of halogens is 2. The summed E-state index contributed by atoms with van der Waals surface area (Å²) in [6.45, 7) is -0.305. The van der Waals surface area contributed by atoms with Crippen molar-refractivity contribution in [2.45, 2.75) is 25.0 Å². The minimum Gasteiger partial charge on any atom is -0.384 e. The molecule has 2 unspecified atom stereocenters. The van der Waals surface area contributed by atoms with E-state index in [4.69, 9.17) is 0 Å². The molecule has 0 bridgehead atoms. The summed E-state index contributed by atoms with van der Waals surface area (Å²) in [4.78, 5) is 33.8. The molecule has 0 aliphatic rings. The number of benzene rings is 2. The number of amides is 2. The van der Waals surface area contributed by atoms with Gasteiger partial charge in [0.2, 0.25) is 5.91 Å². The summed E-state index contributed by atoms with van der Waals surface area (Å²) >= 11 is 2.39. The number of hydrogen-bond acceptors (Lipinski definition) is 7. The fourth-order valence-corrected chi connectivity index (χ4v) is 4.97. The van der Waals surface area contributed by atoms with Crippen LogP contribution in [0.4, 0.5) is 8.78 Å². The van der Waals surface area contributed by atoms with Crippen LogP contribution in [0.3, 0.4) is 0 Å². The van der Waals surface area contributed by atoms with Crippen LogP contribution >= 0.6 is 22.7 Å². The summed E-state index contributed by atoms with van der Waals surface area (Å²) in [5.41, 5.74) is 1.54. The molecule has 0 fully saturated rings. The number of rotatable bonds is 10. The highest BCUT2D eigenvalue weighted by Crippen LogP contribution is 2.25. The second kappa shape index (κ2) is 11.9. The standard InChI is InChI=1S/C25H22F2N4O3S2/c26-17-6-1-15(2-7-17)3-10-19(22(33)25-28-11-12-35-25)31-21(32)14-29-23(34)20-13-30-24(36-20)16-4-8-18(27)9-5-16/h1-2,4-9,11-13,19,22,33H,3,10,14H2,(H,29,34)(H,31,32). The normalized spacial score (nSPS) is 12.6. The second-order valence-electron chi connectivity index (χ2n) is 7.87. The van der Waals surface area contributed by atoms with Crippen LogP contribution in [0.25, 0.3) is 10.6 Å². The Morgan fingerprint density at radius 3 is 2.36 bits per heavy atom. The van der Waals surface area contributed by atoms with Gasteiger partial charge in [-0.05, 0) is 54.8 Å². The fraction of sp³-hybridized carbons (Fsp3) is 0.200. The number of aromatic nitrogens is 2. The molecule has 2 amide bonds. The maximum absolute atomic E-state index is 13.2. The molecular weight excluding hydrogens is 506 g/mol. The number of aliphatic hydroxyl groups excluding tert-OH is 1. The number of carbonyl (C=O) groups is 2. The zero-order chi connectivity index (χ0) is 25.5. The molecule has 2 heterocycles. The van der Waals surface area contributed by atoms with Gasteiger partial charge in [-0.25, -0.2) is 18.7 Å². The van der Waals surface area contributed by atoms with Gasteiger partial charge in [-0.3, -0.25) is 9.59 Å². The third-order valence-corrected chi connectivity index (χ3v) is 7.21. The van der Waals surface area contributed by atoms with E-state index in [1.54, 1.807) is 35.8 Å². The molecule has 11 heteroatoms.